The molecule has 0 fully saturated rings. The molecule has 0 unspecified atom stereocenters. The van der Waals surface area contributed by atoms with Crippen LogP contribution in [0.25, 0.3) is 48.5 Å². The number of hydrogen-bond donors (Lipinski definition) is 3. The van der Waals surface area contributed by atoms with Gasteiger partial charge in [-0.05, 0) is 158 Å². The number of aryl methyl sites for hydroxylation is 3. The second-order valence-electron chi connectivity index (χ2n) is 20.5. The average Bonchev–Trinajstić information content (AvgIpc) is 1.68. The number of fused-ring (bicyclic) bond motifs is 3. The topological polar surface area (TPSA) is 218 Å². The van der Waals surface area contributed by atoms with Gasteiger partial charge in [-0.15, -0.1) is 34.0 Å². The number of thiophene rings is 3. The first-order valence-corrected chi connectivity index (χ1v) is 30.8. The third-order valence-electron chi connectivity index (χ3n) is 14.0. The first-order valence-electron chi connectivity index (χ1n) is 28.4. The van der Waals surface area contributed by atoms with Gasteiger partial charge in [-0.3, -0.25) is 28.8 Å². The Bertz CT molecular complexity index is 4800. The summed E-state index contributed by atoms with van der Waals surface area (Å²) < 4.78 is 34.4. The lowest BCUT2D eigenvalue weighted by Crippen LogP contribution is -2.03. The predicted molar refractivity (Wildman–Crippen MR) is 362 cm³/mol. The quantitative estimate of drug-likeness (QED) is 0.0264. The van der Waals surface area contributed by atoms with Gasteiger partial charge < -0.3 is 43.7 Å². The van der Waals surface area contributed by atoms with Crippen LogP contribution in [0.1, 0.15) is 79.1 Å². The number of hydrogen-bond acceptors (Lipinski definition) is 18. The summed E-state index contributed by atoms with van der Waals surface area (Å²) in [4.78, 5) is 72.0. The van der Waals surface area contributed by atoms with Gasteiger partial charge in [0.2, 0.25) is 17.3 Å². The molecule has 0 saturated carbocycles. The standard InChI is InChI=1S/3C25H18O5S/c1-16-2-6-18(7-3-16)23(28)25-24(21-11-8-19(27)14-22(21)31-25)30-20-9-4-17(5-10-20)12-13-29-15-26;1-16-3-2-4-18(13-16)23(28)25-24(21-10-7-19(27)14-22(21)31-25)30-20-8-5-17(6-9-20)11-12-29-15-26;1-16-4-2-3-5-20(16)23(28)25-24(21-11-8-18(27)14-22(21)31-25)30-19-9-6-17(7-10-19)12-13-29-15-26/h3*2-15,27H,1H3/b13-12+;12-11+;13-12+. The van der Waals surface area contributed by atoms with Crippen LogP contribution in [0.15, 0.2) is 219 Å². The molecule has 0 aliphatic carbocycles. The summed E-state index contributed by atoms with van der Waals surface area (Å²) in [5.41, 5.74) is 7.18. The van der Waals surface area contributed by atoms with E-state index in [0.717, 1.165) is 63.6 Å². The summed E-state index contributed by atoms with van der Waals surface area (Å²) in [7, 11) is 0. The van der Waals surface area contributed by atoms with Crippen LogP contribution < -0.4 is 14.2 Å². The number of aromatic hydroxyl groups is 3. The summed E-state index contributed by atoms with van der Waals surface area (Å²) in [6.45, 7) is 6.84. The summed E-state index contributed by atoms with van der Waals surface area (Å²) in [5, 5.41) is 31.9. The number of carbonyl (C=O) groups excluding carboxylic acids is 6. The highest BCUT2D eigenvalue weighted by Gasteiger charge is 2.26. The van der Waals surface area contributed by atoms with E-state index in [2.05, 4.69) is 14.2 Å². The van der Waals surface area contributed by atoms with Crippen LogP contribution in [0, 0.1) is 20.8 Å². The molecule has 3 N–H and O–H groups in total. The molecule has 12 aromatic rings. The fourth-order valence-electron chi connectivity index (χ4n) is 9.39. The Morgan fingerprint density at radius 1 is 0.366 bits per heavy atom. The number of phenolic OH excluding ortho intramolecular Hbond substituents is 3. The maximum atomic E-state index is 13.3. The van der Waals surface area contributed by atoms with Crippen molar-refractivity contribution in [3.05, 3.63) is 284 Å². The van der Waals surface area contributed by atoms with E-state index < -0.39 is 0 Å². The van der Waals surface area contributed by atoms with Crippen molar-refractivity contribution in [2.45, 2.75) is 20.8 Å². The number of carbonyl (C=O) groups is 6. The van der Waals surface area contributed by atoms with E-state index >= 15 is 0 Å². The maximum absolute atomic E-state index is 13.3. The van der Waals surface area contributed by atoms with Crippen LogP contribution >= 0.6 is 34.0 Å². The van der Waals surface area contributed by atoms with Crippen LogP contribution in [-0.4, -0.2) is 52.1 Å². The summed E-state index contributed by atoms with van der Waals surface area (Å²) in [5.74, 6) is 3.03. The molecular formula is C75H54O15S3. The van der Waals surface area contributed by atoms with E-state index in [9.17, 15) is 44.1 Å². The SMILES string of the molecule is Cc1ccc(C(=O)c2sc3cc(O)ccc3c2Oc2ccc(/C=C/OC=O)cc2)cc1.Cc1cccc(C(=O)c2sc3cc(O)ccc3c2Oc2ccc(/C=C/OC=O)cc2)c1.Cc1ccccc1C(=O)c1sc2cc(O)ccc2c1Oc1ccc(/C=C/OC=O)cc1. The number of benzene rings is 9. The fourth-order valence-corrected chi connectivity index (χ4v) is 12.8. The second-order valence-corrected chi connectivity index (χ2v) is 23.6. The first-order chi connectivity index (χ1) is 45.2. The van der Waals surface area contributed by atoms with E-state index in [1.165, 1.54) is 52.8 Å². The minimum atomic E-state index is -0.138. The Morgan fingerprint density at radius 2 is 0.742 bits per heavy atom. The molecule has 0 spiro atoms. The van der Waals surface area contributed by atoms with Crippen molar-refractivity contribution in [3.8, 4) is 51.7 Å². The molecule has 0 atom stereocenters. The van der Waals surface area contributed by atoms with E-state index in [-0.39, 0.29) is 34.6 Å². The van der Waals surface area contributed by atoms with Crippen molar-refractivity contribution in [3.63, 3.8) is 0 Å². The molecular weight excluding hydrogens is 1240 g/mol. The Balaban J connectivity index is 0.000000153. The fraction of sp³-hybridized carbons (Fsp3) is 0.0400. The van der Waals surface area contributed by atoms with Crippen molar-refractivity contribution in [2.75, 3.05) is 0 Å². The van der Waals surface area contributed by atoms with Crippen molar-refractivity contribution in [2.24, 2.45) is 0 Å². The van der Waals surface area contributed by atoms with Crippen molar-refractivity contribution < 1.29 is 72.5 Å². The third-order valence-corrected chi connectivity index (χ3v) is 17.4. The molecule has 93 heavy (non-hydrogen) atoms. The van der Waals surface area contributed by atoms with Gasteiger partial charge in [0.15, 0.2) is 17.2 Å². The van der Waals surface area contributed by atoms with Crippen LogP contribution in [0.3, 0.4) is 0 Å². The zero-order valence-corrected chi connectivity index (χ0v) is 52.2. The van der Waals surface area contributed by atoms with E-state index in [4.69, 9.17) is 14.2 Å². The van der Waals surface area contributed by atoms with Gasteiger partial charge in [-0.25, -0.2) is 0 Å². The van der Waals surface area contributed by atoms with Gasteiger partial charge in [0, 0.05) is 46.9 Å². The number of ether oxygens (including phenoxy) is 6. The molecule has 0 aliphatic heterocycles. The van der Waals surface area contributed by atoms with Crippen molar-refractivity contribution >= 4 is 119 Å². The molecule has 462 valence electrons. The lowest BCUT2D eigenvalue weighted by atomic mass is 10.0. The van der Waals surface area contributed by atoms with Crippen LogP contribution in [-0.2, 0) is 28.6 Å². The predicted octanol–water partition coefficient (Wildman–Crippen LogP) is 18.2. The van der Waals surface area contributed by atoms with Crippen LogP contribution in [0.5, 0.6) is 51.7 Å². The molecule has 3 aromatic heterocycles. The zero-order valence-electron chi connectivity index (χ0n) is 49.7. The Hall–Kier alpha value is -11.7. The Kier molecular flexibility index (Phi) is 20.9. The Labute approximate surface area is 544 Å². The summed E-state index contributed by atoms with van der Waals surface area (Å²) in [6, 6.07) is 58.5. The van der Waals surface area contributed by atoms with Crippen molar-refractivity contribution in [1.82, 2.24) is 0 Å². The highest BCUT2D eigenvalue weighted by atomic mass is 32.1. The van der Waals surface area contributed by atoms with Gasteiger partial charge in [0.25, 0.3) is 19.4 Å². The molecule has 18 heteroatoms. The molecule has 9 aromatic carbocycles. The van der Waals surface area contributed by atoms with Gasteiger partial charge in [0.1, 0.15) is 49.1 Å². The first kappa shape index (κ1) is 64.3. The van der Waals surface area contributed by atoms with Crippen LogP contribution in [0.2, 0.25) is 0 Å². The third kappa shape index (κ3) is 16.0. The maximum Gasteiger partial charge on any atom is 0.297 e. The molecule has 0 saturated heterocycles. The molecule has 0 amide bonds. The molecule has 12 rings (SSSR count). The Morgan fingerprint density at radius 3 is 1.12 bits per heavy atom. The van der Waals surface area contributed by atoms with Gasteiger partial charge in [-0.2, -0.15) is 0 Å². The highest BCUT2D eigenvalue weighted by molar-refractivity contribution is 7.22. The van der Waals surface area contributed by atoms with E-state index in [0.29, 0.717) is 85.2 Å². The van der Waals surface area contributed by atoms with Gasteiger partial charge >= 0.3 is 0 Å². The van der Waals surface area contributed by atoms with Gasteiger partial charge in [-0.1, -0.05) is 114 Å². The number of phenols is 3. The summed E-state index contributed by atoms with van der Waals surface area (Å²) >= 11 is 3.86. The van der Waals surface area contributed by atoms with Crippen molar-refractivity contribution in [1.29, 1.82) is 0 Å². The summed E-state index contributed by atoms with van der Waals surface area (Å²) in [6.07, 6.45) is 8.82. The minimum Gasteiger partial charge on any atom is -0.508 e. The normalized spacial score (nSPS) is 11.0. The number of ketones is 3. The van der Waals surface area contributed by atoms with Gasteiger partial charge in [0.05, 0.1) is 18.8 Å². The van der Waals surface area contributed by atoms with E-state index in [1.807, 2.05) is 106 Å². The van der Waals surface area contributed by atoms with Crippen LogP contribution in [0.4, 0.5) is 0 Å². The molecule has 0 bridgehead atoms. The molecule has 3 heterocycles. The van der Waals surface area contributed by atoms with E-state index in [1.54, 1.807) is 133 Å². The molecule has 15 nitrogen and oxygen atoms in total. The average molecular weight is 1290 g/mol. The smallest absolute Gasteiger partial charge is 0.297 e. The molecule has 0 radical (unpaired) electrons. The largest absolute Gasteiger partial charge is 0.508 e. The molecule has 0 aliphatic rings. The number of rotatable bonds is 21. The zero-order chi connectivity index (χ0) is 65.4. The lowest BCUT2D eigenvalue weighted by molar-refractivity contribution is -0.124. The lowest BCUT2D eigenvalue weighted by Gasteiger charge is -2.09. The second kappa shape index (κ2) is 30.2. The minimum absolute atomic E-state index is 0.126. The highest BCUT2D eigenvalue weighted by Crippen LogP contribution is 2.46. The monoisotopic (exact) mass is 1290 g/mol.